The van der Waals surface area contributed by atoms with Crippen LogP contribution in [0.15, 0.2) is 79.0 Å². The van der Waals surface area contributed by atoms with Gasteiger partial charge in [0.15, 0.2) is 0 Å². The molecule has 0 bridgehead atoms. The van der Waals surface area contributed by atoms with Gasteiger partial charge in [-0.25, -0.2) is 14.4 Å². The zero-order chi connectivity index (χ0) is 24.6. The predicted molar refractivity (Wildman–Crippen MR) is 133 cm³/mol. The summed E-state index contributed by atoms with van der Waals surface area (Å²) < 4.78 is 13.5. The van der Waals surface area contributed by atoms with E-state index in [1.165, 1.54) is 12.1 Å². The van der Waals surface area contributed by atoms with Crippen molar-refractivity contribution >= 4 is 17.5 Å². The number of pyridine rings is 2. The topological polar surface area (TPSA) is 117 Å². The number of amides is 1. The maximum absolute atomic E-state index is 13.5. The van der Waals surface area contributed by atoms with Gasteiger partial charge in [0.1, 0.15) is 17.5 Å². The van der Waals surface area contributed by atoms with Crippen LogP contribution >= 0.6 is 0 Å². The molecule has 8 heteroatoms. The third-order valence-corrected chi connectivity index (χ3v) is 5.42. The second-order valence-corrected chi connectivity index (χ2v) is 7.79. The molecule has 1 amide bonds. The van der Waals surface area contributed by atoms with Crippen LogP contribution in [-0.4, -0.2) is 22.4 Å². The zero-order valence-corrected chi connectivity index (χ0v) is 18.8. The van der Waals surface area contributed by atoms with Gasteiger partial charge in [0.25, 0.3) is 5.91 Å². The Bertz CT molecular complexity index is 1400. The summed E-state index contributed by atoms with van der Waals surface area (Å²) in [5, 5.41) is 15.5. The van der Waals surface area contributed by atoms with E-state index in [0.29, 0.717) is 52.5 Å². The van der Waals surface area contributed by atoms with Gasteiger partial charge < -0.3 is 16.4 Å². The average Bonchev–Trinajstić information content (AvgIpc) is 2.88. The minimum absolute atomic E-state index is 0.209. The summed E-state index contributed by atoms with van der Waals surface area (Å²) in [6, 6.07) is 22.6. The summed E-state index contributed by atoms with van der Waals surface area (Å²) in [6.45, 7) is 0.635. The van der Waals surface area contributed by atoms with Crippen molar-refractivity contribution in [3.05, 3.63) is 107 Å². The van der Waals surface area contributed by atoms with Crippen molar-refractivity contribution in [1.29, 1.82) is 5.26 Å². The van der Waals surface area contributed by atoms with Crippen molar-refractivity contribution in [3.8, 4) is 17.3 Å². The molecule has 0 fully saturated rings. The van der Waals surface area contributed by atoms with Gasteiger partial charge in [0, 0.05) is 30.4 Å². The van der Waals surface area contributed by atoms with Crippen molar-refractivity contribution in [3.63, 3.8) is 0 Å². The molecule has 2 heterocycles. The van der Waals surface area contributed by atoms with Crippen LogP contribution in [0.1, 0.15) is 27.0 Å². The lowest BCUT2D eigenvalue weighted by Crippen LogP contribution is -2.25. The summed E-state index contributed by atoms with van der Waals surface area (Å²) >= 11 is 0. The first-order chi connectivity index (χ1) is 17.0. The molecule has 0 atom stereocenters. The highest BCUT2D eigenvalue weighted by atomic mass is 19.1. The molecule has 2 aromatic carbocycles. The Morgan fingerprint density at radius 1 is 1.06 bits per heavy atom. The Morgan fingerprint density at radius 2 is 1.91 bits per heavy atom. The Hall–Kier alpha value is -4.77. The standard InChI is InChI=1S/C27H23FN6O/c28-21-8-3-5-18(15-21)12-14-32-26-23(27(35)33-17-20-7-4-13-31-25(20)30)10-11-24(34-26)22-9-2-1-6-19(22)16-29/h1-11,13,15H,12,14,17H2,(H2,30,31)(H,32,34)(H,33,35). The van der Waals surface area contributed by atoms with E-state index in [-0.39, 0.29) is 18.3 Å². The van der Waals surface area contributed by atoms with Crippen LogP contribution in [0.25, 0.3) is 11.3 Å². The van der Waals surface area contributed by atoms with E-state index >= 15 is 0 Å². The molecule has 174 valence electrons. The molecule has 0 aliphatic rings. The summed E-state index contributed by atoms with van der Waals surface area (Å²) in [5.74, 6) is 0.0748. The number of hydrogen-bond donors (Lipinski definition) is 3. The number of nitrogens with two attached hydrogens (primary N) is 1. The molecule has 2 aromatic heterocycles. The fourth-order valence-electron chi connectivity index (χ4n) is 3.62. The number of carbonyl (C=O) groups is 1. The van der Waals surface area contributed by atoms with Gasteiger partial charge >= 0.3 is 0 Å². The van der Waals surface area contributed by atoms with E-state index in [2.05, 4.69) is 26.7 Å². The van der Waals surface area contributed by atoms with E-state index in [0.717, 1.165) is 5.56 Å². The summed E-state index contributed by atoms with van der Waals surface area (Å²) in [6.07, 6.45) is 2.12. The molecule has 4 aromatic rings. The first kappa shape index (κ1) is 23.4. The lowest BCUT2D eigenvalue weighted by atomic mass is 10.0. The minimum Gasteiger partial charge on any atom is -0.383 e. The molecule has 0 saturated heterocycles. The van der Waals surface area contributed by atoms with Crippen LogP contribution in [-0.2, 0) is 13.0 Å². The van der Waals surface area contributed by atoms with Crippen molar-refractivity contribution in [2.75, 3.05) is 17.6 Å². The molecule has 0 unspecified atom stereocenters. The summed E-state index contributed by atoms with van der Waals surface area (Å²) in [5.41, 5.74) is 9.45. The molecule has 0 spiro atoms. The maximum Gasteiger partial charge on any atom is 0.255 e. The Morgan fingerprint density at radius 3 is 2.71 bits per heavy atom. The highest BCUT2D eigenvalue weighted by molar-refractivity contribution is 5.99. The Kier molecular flexibility index (Phi) is 7.28. The lowest BCUT2D eigenvalue weighted by Gasteiger charge is -2.14. The quantitative estimate of drug-likeness (QED) is 0.356. The van der Waals surface area contributed by atoms with Crippen molar-refractivity contribution in [2.24, 2.45) is 0 Å². The van der Waals surface area contributed by atoms with E-state index < -0.39 is 0 Å². The second kappa shape index (κ2) is 10.9. The number of anilines is 2. The normalized spacial score (nSPS) is 10.4. The SMILES string of the molecule is N#Cc1ccccc1-c1ccc(C(=O)NCc2cccnc2N)c(NCCc2cccc(F)c2)n1. The number of carbonyl (C=O) groups excluding carboxylic acids is 1. The van der Waals surface area contributed by atoms with Crippen molar-refractivity contribution in [1.82, 2.24) is 15.3 Å². The number of aromatic nitrogens is 2. The van der Waals surface area contributed by atoms with Gasteiger partial charge in [-0.05, 0) is 48.4 Å². The molecule has 0 aliphatic carbocycles. The molecular weight excluding hydrogens is 443 g/mol. The van der Waals surface area contributed by atoms with Crippen LogP contribution in [0.2, 0.25) is 0 Å². The number of rotatable bonds is 8. The second-order valence-electron chi connectivity index (χ2n) is 7.79. The van der Waals surface area contributed by atoms with Crippen LogP contribution in [0, 0.1) is 17.1 Å². The molecule has 4 rings (SSSR count). The van der Waals surface area contributed by atoms with Gasteiger partial charge in [-0.1, -0.05) is 36.4 Å². The molecular formula is C27H23FN6O. The van der Waals surface area contributed by atoms with Crippen LogP contribution in [0.4, 0.5) is 16.0 Å². The number of benzene rings is 2. The number of hydrogen-bond acceptors (Lipinski definition) is 6. The minimum atomic E-state index is -0.339. The van der Waals surface area contributed by atoms with Crippen molar-refractivity contribution in [2.45, 2.75) is 13.0 Å². The third kappa shape index (κ3) is 5.78. The number of halogens is 1. The highest BCUT2D eigenvalue weighted by Gasteiger charge is 2.16. The van der Waals surface area contributed by atoms with Gasteiger partial charge in [-0.15, -0.1) is 0 Å². The Labute approximate surface area is 202 Å². The van der Waals surface area contributed by atoms with E-state index in [4.69, 9.17) is 5.73 Å². The van der Waals surface area contributed by atoms with Gasteiger partial charge in [0.05, 0.1) is 22.9 Å². The largest absolute Gasteiger partial charge is 0.383 e. The van der Waals surface area contributed by atoms with Crippen LogP contribution < -0.4 is 16.4 Å². The number of nitriles is 1. The maximum atomic E-state index is 13.5. The number of nitrogens with zero attached hydrogens (tertiary/aromatic N) is 3. The number of nitrogen functional groups attached to an aromatic ring is 1. The first-order valence-corrected chi connectivity index (χ1v) is 11.0. The first-order valence-electron chi connectivity index (χ1n) is 11.0. The molecule has 0 saturated carbocycles. The molecule has 7 nitrogen and oxygen atoms in total. The van der Waals surface area contributed by atoms with Gasteiger partial charge in [-0.2, -0.15) is 5.26 Å². The van der Waals surface area contributed by atoms with Gasteiger partial charge in [0.2, 0.25) is 0 Å². The zero-order valence-electron chi connectivity index (χ0n) is 18.8. The molecule has 4 N–H and O–H groups in total. The smallest absolute Gasteiger partial charge is 0.255 e. The predicted octanol–water partition coefficient (Wildman–Crippen LogP) is 4.32. The van der Waals surface area contributed by atoms with Gasteiger partial charge in [-0.3, -0.25) is 4.79 Å². The van der Waals surface area contributed by atoms with Crippen molar-refractivity contribution < 1.29 is 9.18 Å². The summed E-state index contributed by atoms with van der Waals surface area (Å²) in [7, 11) is 0. The van der Waals surface area contributed by atoms with E-state index in [9.17, 15) is 14.4 Å². The lowest BCUT2D eigenvalue weighted by molar-refractivity contribution is 0.0951. The van der Waals surface area contributed by atoms with E-state index in [1.54, 1.807) is 48.7 Å². The monoisotopic (exact) mass is 466 g/mol. The third-order valence-electron chi connectivity index (χ3n) is 5.42. The highest BCUT2D eigenvalue weighted by Crippen LogP contribution is 2.25. The van der Waals surface area contributed by atoms with Crippen LogP contribution in [0.5, 0.6) is 0 Å². The fraction of sp³-hybridized carbons (Fsp3) is 0.111. The molecule has 0 aliphatic heterocycles. The van der Waals surface area contributed by atoms with Crippen LogP contribution in [0.3, 0.4) is 0 Å². The van der Waals surface area contributed by atoms with E-state index in [1.807, 2.05) is 18.2 Å². The summed E-state index contributed by atoms with van der Waals surface area (Å²) in [4.78, 5) is 21.7. The molecule has 0 radical (unpaired) electrons. The average molecular weight is 467 g/mol. The molecule has 35 heavy (non-hydrogen) atoms. The fourth-order valence-corrected chi connectivity index (χ4v) is 3.62. The number of nitrogens with one attached hydrogen (secondary N) is 2. The Balaban J connectivity index is 1.59.